The first-order valence-corrected chi connectivity index (χ1v) is 3.55. The number of hydrogen-bond donors (Lipinski definition) is 1. The number of furan rings is 1. The molecule has 4 heteroatoms. The molecule has 0 amide bonds. The molecule has 66 valence electrons. The number of carboxylic acids is 1. The maximum Gasteiger partial charge on any atom is 0.332 e. The van der Waals surface area contributed by atoms with E-state index in [0.717, 1.165) is 5.56 Å². The molecule has 4 nitrogen and oxygen atoms in total. The van der Waals surface area contributed by atoms with Gasteiger partial charge in [-0.15, -0.1) is 0 Å². The van der Waals surface area contributed by atoms with Crippen LogP contribution in [-0.4, -0.2) is 17.2 Å². The van der Waals surface area contributed by atoms with E-state index >= 15 is 0 Å². The van der Waals surface area contributed by atoms with Gasteiger partial charge in [0.05, 0.1) is 19.1 Å². The molecular weight excluding hydrogens is 160 g/mol. The quantitative estimate of drug-likeness (QED) is 0.739. The lowest BCUT2D eigenvalue weighted by atomic mass is 10.3. The Bertz CT molecular complexity index is 240. The van der Waals surface area contributed by atoms with E-state index in [2.05, 4.69) is 0 Å². The van der Waals surface area contributed by atoms with Gasteiger partial charge in [-0.1, -0.05) is 0 Å². The summed E-state index contributed by atoms with van der Waals surface area (Å²) in [5.74, 6) is -0.960. The molecule has 0 aliphatic rings. The van der Waals surface area contributed by atoms with Crippen molar-refractivity contribution in [3.05, 3.63) is 24.2 Å². The number of carboxylic acid groups (broad SMARTS) is 1. The smallest absolute Gasteiger partial charge is 0.332 e. The van der Waals surface area contributed by atoms with Crippen LogP contribution in [0.5, 0.6) is 0 Å². The Labute approximate surface area is 69.8 Å². The second-order valence-electron chi connectivity index (χ2n) is 2.42. The normalized spacial score (nSPS) is 12.8. The van der Waals surface area contributed by atoms with Crippen LogP contribution in [0.4, 0.5) is 0 Å². The van der Waals surface area contributed by atoms with Crippen molar-refractivity contribution < 1.29 is 19.1 Å². The Balaban J connectivity index is 2.31. The Morgan fingerprint density at radius 3 is 3.08 bits per heavy atom. The summed E-state index contributed by atoms with van der Waals surface area (Å²) >= 11 is 0. The number of ether oxygens (including phenoxy) is 1. The fraction of sp³-hybridized carbons (Fsp3) is 0.375. The summed E-state index contributed by atoms with van der Waals surface area (Å²) in [6.45, 7) is 1.76. The standard InChI is InChI=1S/C8H10O4/c1-6(8(9)10)12-5-7-2-3-11-4-7/h2-4,6H,5H2,1H3,(H,9,10). The molecule has 1 atom stereocenters. The highest BCUT2D eigenvalue weighted by Gasteiger charge is 2.10. The molecule has 1 rings (SSSR count). The van der Waals surface area contributed by atoms with E-state index in [-0.39, 0.29) is 6.61 Å². The van der Waals surface area contributed by atoms with Crippen LogP contribution in [0.1, 0.15) is 12.5 Å². The summed E-state index contributed by atoms with van der Waals surface area (Å²) in [6, 6.07) is 1.73. The average Bonchev–Trinajstić information content (AvgIpc) is 2.51. The van der Waals surface area contributed by atoms with Gasteiger partial charge in [-0.2, -0.15) is 0 Å². The molecule has 0 fully saturated rings. The highest BCUT2D eigenvalue weighted by Crippen LogP contribution is 2.03. The summed E-state index contributed by atoms with van der Waals surface area (Å²) in [7, 11) is 0. The molecule has 0 saturated carbocycles. The van der Waals surface area contributed by atoms with Crippen molar-refractivity contribution in [1.29, 1.82) is 0 Å². The van der Waals surface area contributed by atoms with Crippen LogP contribution >= 0.6 is 0 Å². The summed E-state index contributed by atoms with van der Waals surface area (Å²) in [6.07, 6.45) is 2.26. The molecule has 1 heterocycles. The van der Waals surface area contributed by atoms with Crippen molar-refractivity contribution in [2.24, 2.45) is 0 Å². The van der Waals surface area contributed by atoms with Gasteiger partial charge in [0.2, 0.25) is 0 Å². The lowest BCUT2D eigenvalue weighted by Crippen LogP contribution is -2.19. The van der Waals surface area contributed by atoms with Crippen molar-refractivity contribution in [2.45, 2.75) is 19.6 Å². The summed E-state index contributed by atoms with van der Waals surface area (Å²) in [4.78, 5) is 10.3. The van der Waals surface area contributed by atoms with Crippen LogP contribution in [0.15, 0.2) is 23.0 Å². The molecular formula is C8H10O4. The molecule has 0 aliphatic heterocycles. The predicted molar refractivity (Wildman–Crippen MR) is 40.6 cm³/mol. The predicted octanol–water partition coefficient (Wildman–Crippen LogP) is 1.27. The van der Waals surface area contributed by atoms with Gasteiger partial charge < -0.3 is 14.3 Å². The average molecular weight is 170 g/mol. The molecule has 1 unspecified atom stereocenters. The number of carbonyl (C=O) groups is 1. The van der Waals surface area contributed by atoms with Crippen LogP contribution in [0.2, 0.25) is 0 Å². The number of hydrogen-bond acceptors (Lipinski definition) is 3. The Hall–Kier alpha value is -1.29. The largest absolute Gasteiger partial charge is 0.479 e. The maximum absolute atomic E-state index is 10.3. The molecule has 0 spiro atoms. The number of aliphatic carboxylic acids is 1. The van der Waals surface area contributed by atoms with Crippen molar-refractivity contribution in [3.63, 3.8) is 0 Å². The first kappa shape index (κ1) is 8.80. The van der Waals surface area contributed by atoms with Crippen molar-refractivity contribution in [1.82, 2.24) is 0 Å². The van der Waals surface area contributed by atoms with E-state index in [4.69, 9.17) is 14.3 Å². The van der Waals surface area contributed by atoms with Gasteiger partial charge in [-0.25, -0.2) is 4.79 Å². The zero-order valence-electron chi connectivity index (χ0n) is 6.69. The summed E-state index contributed by atoms with van der Waals surface area (Å²) in [5.41, 5.74) is 0.836. The topological polar surface area (TPSA) is 59.7 Å². The third-order valence-corrected chi connectivity index (χ3v) is 1.43. The van der Waals surface area contributed by atoms with E-state index in [0.29, 0.717) is 0 Å². The second-order valence-corrected chi connectivity index (χ2v) is 2.42. The molecule has 1 N–H and O–H groups in total. The fourth-order valence-electron chi connectivity index (χ4n) is 0.667. The SMILES string of the molecule is CC(OCc1ccoc1)C(=O)O. The maximum atomic E-state index is 10.3. The van der Waals surface area contributed by atoms with Crippen LogP contribution in [-0.2, 0) is 16.1 Å². The van der Waals surface area contributed by atoms with Gasteiger partial charge in [0.1, 0.15) is 0 Å². The van der Waals surface area contributed by atoms with Gasteiger partial charge in [-0.3, -0.25) is 0 Å². The third kappa shape index (κ3) is 2.39. The van der Waals surface area contributed by atoms with E-state index in [1.54, 1.807) is 6.07 Å². The van der Waals surface area contributed by atoms with Gasteiger partial charge in [0.25, 0.3) is 0 Å². The zero-order valence-corrected chi connectivity index (χ0v) is 6.69. The second kappa shape index (κ2) is 3.92. The molecule has 0 aliphatic carbocycles. The Morgan fingerprint density at radius 2 is 2.58 bits per heavy atom. The Morgan fingerprint density at radius 1 is 1.83 bits per heavy atom. The highest BCUT2D eigenvalue weighted by molar-refractivity contribution is 5.71. The molecule has 0 bridgehead atoms. The molecule has 0 radical (unpaired) electrons. The van der Waals surface area contributed by atoms with E-state index < -0.39 is 12.1 Å². The molecule has 0 aromatic carbocycles. The highest BCUT2D eigenvalue weighted by atomic mass is 16.5. The first-order chi connectivity index (χ1) is 5.70. The van der Waals surface area contributed by atoms with Gasteiger partial charge in [0.15, 0.2) is 6.10 Å². The lowest BCUT2D eigenvalue weighted by molar-refractivity contribution is -0.149. The molecule has 0 saturated heterocycles. The van der Waals surface area contributed by atoms with E-state index in [1.165, 1.54) is 19.5 Å². The number of rotatable bonds is 4. The van der Waals surface area contributed by atoms with Crippen molar-refractivity contribution in [2.75, 3.05) is 0 Å². The molecule has 1 aromatic rings. The van der Waals surface area contributed by atoms with E-state index in [1.807, 2.05) is 0 Å². The van der Waals surface area contributed by atoms with Crippen LogP contribution < -0.4 is 0 Å². The fourth-order valence-corrected chi connectivity index (χ4v) is 0.667. The van der Waals surface area contributed by atoms with Gasteiger partial charge in [-0.05, 0) is 13.0 Å². The zero-order chi connectivity index (χ0) is 8.97. The van der Waals surface area contributed by atoms with Crippen LogP contribution in [0.3, 0.4) is 0 Å². The Kier molecular flexibility index (Phi) is 2.88. The third-order valence-electron chi connectivity index (χ3n) is 1.43. The summed E-state index contributed by atoms with van der Waals surface area (Å²) in [5, 5.41) is 8.46. The molecule has 12 heavy (non-hydrogen) atoms. The first-order valence-electron chi connectivity index (χ1n) is 3.55. The van der Waals surface area contributed by atoms with Gasteiger partial charge in [0, 0.05) is 5.56 Å². The minimum atomic E-state index is -0.960. The monoisotopic (exact) mass is 170 g/mol. The minimum absolute atomic E-state index is 0.268. The van der Waals surface area contributed by atoms with Gasteiger partial charge >= 0.3 is 5.97 Å². The van der Waals surface area contributed by atoms with Crippen molar-refractivity contribution >= 4 is 5.97 Å². The van der Waals surface area contributed by atoms with Crippen LogP contribution in [0, 0.1) is 0 Å². The lowest BCUT2D eigenvalue weighted by Gasteiger charge is -2.05. The minimum Gasteiger partial charge on any atom is -0.479 e. The van der Waals surface area contributed by atoms with Crippen LogP contribution in [0.25, 0.3) is 0 Å². The van der Waals surface area contributed by atoms with E-state index in [9.17, 15) is 4.79 Å². The summed E-state index contributed by atoms with van der Waals surface area (Å²) < 4.78 is 9.77. The van der Waals surface area contributed by atoms with Crippen molar-refractivity contribution in [3.8, 4) is 0 Å². The molecule has 1 aromatic heterocycles.